The second-order valence-electron chi connectivity index (χ2n) is 5.69. The highest BCUT2D eigenvalue weighted by atomic mass is 79.9. The van der Waals surface area contributed by atoms with E-state index < -0.39 is 0 Å². The highest BCUT2D eigenvalue weighted by Crippen LogP contribution is 2.42. The molecule has 1 amide bonds. The topological polar surface area (TPSA) is 29.1 Å². The van der Waals surface area contributed by atoms with Crippen molar-refractivity contribution in [2.45, 2.75) is 45.4 Å². The minimum Gasteiger partial charge on any atom is -0.325 e. The highest BCUT2D eigenvalue weighted by molar-refractivity contribution is 9.10. The summed E-state index contributed by atoms with van der Waals surface area (Å²) in [6.45, 7) is 8.62. The Hall–Kier alpha value is -0.830. The Morgan fingerprint density at radius 2 is 2.00 bits per heavy atom. The van der Waals surface area contributed by atoms with Crippen molar-refractivity contribution in [2.75, 3.05) is 5.32 Å². The molecule has 1 aromatic carbocycles. The number of amides is 1. The van der Waals surface area contributed by atoms with Gasteiger partial charge in [0.05, 0.1) is 5.69 Å². The van der Waals surface area contributed by atoms with E-state index in [2.05, 4.69) is 61.1 Å². The number of hydrogen-bond donors (Lipinski definition) is 1. The van der Waals surface area contributed by atoms with Crippen LogP contribution >= 0.6 is 15.9 Å². The molecule has 2 rings (SSSR count). The zero-order valence-electron chi connectivity index (χ0n) is 10.7. The van der Waals surface area contributed by atoms with Gasteiger partial charge in [-0.1, -0.05) is 33.8 Å². The monoisotopic (exact) mass is 295 g/mol. The molecule has 1 aromatic rings. The summed E-state index contributed by atoms with van der Waals surface area (Å²) in [5.74, 6) is 0.588. The van der Waals surface area contributed by atoms with Crippen molar-refractivity contribution >= 4 is 27.5 Å². The van der Waals surface area contributed by atoms with Gasteiger partial charge >= 0.3 is 0 Å². The molecular weight excluding hydrogens is 278 g/mol. The molecular formula is C14H18BrNO. The largest absolute Gasteiger partial charge is 0.325 e. The lowest BCUT2D eigenvalue weighted by atomic mass is 9.77. The summed E-state index contributed by atoms with van der Waals surface area (Å²) >= 11 is 3.57. The number of fused-ring (bicyclic) bond motifs is 1. The maximum atomic E-state index is 11.7. The third-order valence-electron chi connectivity index (χ3n) is 3.38. The molecule has 3 heteroatoms. The molecule has 0 saturated carbocycles. The fourth-order valence-electron chi connectivity index (χ4n) is 2.30. The summed E-state index contributed by atoms with van der Waals surface area (Å²) in [6, 6.07) is 4.33. The van der Waals surface area contributed by atoms with Gasteiger partial charge in [-0.3, -0.25) is 4.79 Å². The van der Waals surface area contributed by atoms with Crippen LogP contribution in [0.4, 0.5) is 5.69 Å². The first kappa shape index (κ1) is 12.6. The molecule has 17 heavy (non-hydrogen) atoms. The minimum absolute atomic E-state index is 0.0922. The van der Waals surface area contributed by atoms with Crippen molar-refractivity contribution in [3.05, 3.63) is 27.7 Å². The van der Waals surface area contributed by atoms with Gasteiger partial charge in [0.25, 0.3) is 0 Å². The van der Waals surface area contributed by atoms with Gasteiger partial charge in [0.1, 0.15) is 0 Å². The Bertz CT molecular complexity index is 477. The number of carbonyl (C=O) groups is 1. The summed E-state index contributed by atoms with van der Waals surface area (Å²) in [6.07, 6.45) is 0.550. The van der Waals surface area contributed by atoms with Crippen molar-refractivity contribution < 1.29 is 4.79 Å². The maximum absolute atomic E-state index is 11.7. The van der Waals surface area contributed by atoms with Gasteiger partial charge < -0.3 is 5.32 Å². The zero-order valence-corrected chi connectivity index (χ0v) is 12.3. The van der Waals surface area contributed by atoms with Crippen LogP contribution in [0, 0.1) is 0 Å². The Morgan fingerprint density at radius 3 is 2.59 bits per heavy atom. The van der Waals surface area contributed by atoms with Crippen LogP contribution in [0.2, 0.25) is 0 Å². The van der Waals surface area contributed by atoms with Crippen LogP contribution in [0.15, 0.2) is 16.6 Å². The predicted octanol–water partition coefficient (Wildman–Crippen LogP) is 4.19. The molecule has 1 aliphatic rings. The number of halogens is 1. The second kappa shape index (κ2) is 4.13. The molecule has 0 unspecified atom stereocenters. The van der Waals surface area contributed by atoms with Gasteiger partial charge in [-0.15, -0.1) is 0 Å². The van der Waals surface area contributed by atoms with Crippen LogP contribution in [0.5, 0.6) is 0 Å². The second-order valence-corrected chi connectivity index (χ2v) is 6.54. The quantitative estimate of drug-likeness (QED) is 0.827. The first-order valence-electron chi connectivity index (χ1n) is 5.95. The van der Waals surface area contributed by atoms with Crippen LogP contribution in [0.25, 0.3) is 0 Å². The van der Waals surface area contributed by atoms with Gasteiger partial charge in [0, 0.05) is 16.3 Å². The molecule has 0 fully saturated rings. The smallest absolute Gasteiger partial charge is 0.225 e. The van der Waals surface area contributed by atoms with Crippen LogP contribution in [0.3, 0.4) is 0 Å². The molecule has 0 aromatic heterocycles. The molecule has 2 nitrogen and oxygen atoms in total. The van der Waals surface area contributed by atoms with E-state index in [1.165, 1.54) is 11.1 Å². The average molecular weight is 296 g/mol. The van der Waals surface area contributed by atoms with Crippen molar-refractivity contribution in [1.82, 2.24) is 0 Å². The first-order chi connectivity index (χ1) is 7.81. The van der Waals surface area contributed by atoms with Crippen LogP contribution in [0.1, 0.15) is 51.2 Å². The number of hydrogen-bond acceptors (Lipinski definition) is 1. The van der Waals surface area contributed by atoms with E-state index in [0.29, 0.717) is 12.3 Å². The van der Waals surface area contributed by atoms with E-state index >= 15 is 0 Å². The molecule has 1 heterocycles. The Labute approximate surface area is 111 Å². The number of benzene rings is 1. The Morgan fingerprint density at radius 1 is 1.35 bits per heavy atom. The molecule has 1 aliphatic heterocycles. The minimum atomic E-state index is -0.0922. The van der Waals surface area contributed by atoms with Gasteiger partial charge in [-0.2, -0.15) is 0 Å². The molecule has 0 radical (unpaired) electrons. The summed E-state index contributed by atoms with van der Waals surface area (Å²) in [4.78, 5) is 11.7. The third kappa shape index (κ3) is 2.25. The SMILES string of the molecule is CC(C)c1cc(Br)c2c(c1)C(C)(C)CC(=O)N2. The lowest BCUT2D eigenvalue weighted by Gasteiger charge is -2.33. The number of nitrogens with one attached hydrogen (secondary N) is 1. The van der Waals surface area contributed by atoms with Crippen molar-refractivity contribution in [2.24, 2.45) is 0 Å². The summed E-state index contributed by atoms with van der Waals surface area (Å²) in [7, 11) is 0. The standard InChI is InChI=1S/C14H18BrNO/c1-8(2)9-5-10-13(11(15)6-9)16-12(17)7-14(10,3)4/h5-6,8H,7H2,1-4H3,(H,16,17). The van der Waals surface area contributed by atoms with Gasteiger partial charge in [-0.25, -0.2) is 0 Å². The van der Waals surface area contributed by atoms with Crippen molar-refractivity contribution in [3.63, 3.8) is 0 Å². The van der Waals surface area contributed by atoms with E-state index in [-0.39, 0.29) is 11.3 Å². The fourth-order valence-corrected chi connectivity index (χ4v) is 2.88. The van der Waals surface area contributed by atoms with Gasteiger partial charge in [0.15, 0.2) is 0 Å². The third-order valence-corrected chi connectivity index (χ3v) is 4.00. The number of rotatable bonds is 1. The lowest BCUT2D eigenvalue weighted by Crippen LogP contribution is -2.32. The Kier molecular flexibility index (Phi) is 3.06. The first-order valence-corrected chi connectivity index (χ1v) is 6.74. The molecule has 0 bridgehead atoms. The van der Waals surface area contributed by atoms with Crippen LogP contribution < -0.4 is 5.32 Å². The van der Waals surface area contributed by atoms with Crippen molar-refractivity contribution in [1.29, 1.82) is 0 Å². The average Bonchev–Trinajstić information content (AvgIpc) is 2.17. The molecule has 0 saturated heterocycles. The fraction of sp³-hybridized carbons (Fsp3) is 0.500. The summed E-state index contributed by atoms with van der Waals surface area (Å²) in [5, 5.41) is 2.96. The Balaban J connectivity index is 2.63. The lowest BCUT2D eigenvalue weighted by molar-refractivity contribution is -0.117. The van der Waals surface area contributed by atoms with E-state index in [9.17, 15) is 4.79 Å². The van der Waals surface area contributed by atoms with E-state index in [1.54, 1.807) is 0 Å². The zero-order chi connectivity index (χ0) is 12.8. The normalized spacial score (nSPS) is 17.9. The van der Waals surface area contributed by atoms with E-state index in [4.69, 9.17) is 0 Å². The summed E-state index contributed by atoms with van der Waals surface area (Å²) < 4.78 is 0.986. The van der Waals surface area contributed by atoms with Gasteiger partial charge in [0.2, 0.25) is 5.91 Å². The molecule has 92 valence electrons. The molecule has 0 aliphatic carbocycles. The predicted molar refractivity (Wildman–Crippen MR) is 74.5 cm³/mol. The number of carbonyl (C=O) groups excluding carboxylic acids is 1. The maximum Gasteiger partial charge on any atom is 0.225 e. The molecule has 0 atom stereocenters. The van der Waals surface area contributed by atoms with Crippen molar-refractivity contribution in [3.8, 4) is 0 Å². The van der Waals surface area contributed by atoms with Gasteiger partial charge in [-0.05, 0) is 39.0 Å². The van der Waals surface area contributed by atoms with E-state index in [0.717, 1.165) is 10.2 Å². The van der Waals surface area contributed by atoms with Crippen LogP contribution in [-0.2, 0) is 10.2 Å². The summed E-state index contributed by atoms with van der Waals surface area (Å²) in [5.41, 5.74) is 3.39. The molecule has 0 spiro atoms. The molecule has 1 N–H and O–H groups in total. The van der Waals surface area contributed by atoms with E-state index in [1.807, 2.05) is 0 Å². The number of anilines is 1. The van der Waals surface area contributed by atoms with Crippen LogP contribution in [-0.4, -0.2) is 5.91 Å². The highest BCUT2D eigenvalue weighted by Gasteiger charge is 2.33.